The predicted octanol–water partition coefficient (Wildman–Crippen LogP) is 3.34. The van der Waals surface area contributed by atoms with Gasteiger partial charge in [-0.05, 0) is 42.4 Å². The van der Waals surface area contributed by atoms with E-state index in [0.717, 1.165) is 25.6 Å². The summed E-state index contributed by atoms with van der Waals surface area (Å²) >= 11 is 0. The van der Waals surface area contributed by atoms with Crippen LogP contribution in [0.1, 0.15) is 37.2 Å². The van der Waals surface area contributed by atoms with Crippen LogP contribution < -0.4 is 5.32 Å². The fraction of sp³-hybridized carbons (Fsp3) is 0.625. The molecule has 0 aliphatic heterocycles. The van der Waals surface area contributed by atoms with Gasteiger partial charge in [-0.25, -0.2) is 4.39 Å². The van der Waals surface area contributed by atoms with Crippen molar-refractivity contribution in [2.45, 2.75) is 31.6 Å². The van der Waals surface area contributed by atoms with Crippen LogP contribution in [0.2, 0.25) is 0 Å². The summed E-state index contributed by atoms with van der Waals surface area (Å²) < 4.78 is 18.1. The molecule has 1 aliphatic carbocycles. The number of nitrogens with one attached hydrogen (secondary N) is 1. The zero-order valence-corrected chi connectivity index (χ0v) is 11.7. The van der Waals surface area contributed by atoms with Crippen LogP contribution in [0.3, 0.4) is 0 Å². The predicted molar refractivity (Wildman–Crippen MR) is 75.8 cm³/mol. The van der Waals surface area contributed by atoms with E-state index in [1.54, 1.807) is 19.2 Å². The molecule has 0 aromatic heterocycles. The van der Waals surface area contributed by atoms with Gasteiger partial charge in [0.2, 0.25) is 0 Å². The van der Waals surface area contributed by atoms with E-state index in [2.05, 4.69) is 5.32 Å². The Kier molecular flexibility index (Phi) is 5.80. The van der Waals surface area contributed by atoms with E-state index < -0.39 is 0 Å². The van der Waals surface area contributed by atoms with Crippen molar-refractivity contribution in [3.63, 3.8) is 0 Å². The number of hydrogen-bond donors (Lipinski definition) is 1. The van der Waals surface area contributed by atoms with Gasteiger partial charge in [-0.3, -0.25) is 0 Å². The standard InChI is InChI=1S/C16H24FNO/c1-19-11-10-18-12-16(13-4-2-3-5-13)14-6-8-15(17)9-7-14/h6-9,13,16,18H,2-5,10-12H2,1H3. The minimum absolute atomic E-state index is 0.152. The van der Waals surface area contributed by atoms with Crippen LogP contribution in [-0.2, 0) is 4.74 Å². The summed E-state index contributed by atoms with van der Waals surface area (Å²) in [6.45, 7) is 2.57. The topological polar surface area (TPSA) is 21.3 Å². The fourth-order valence-electron chi connectivity index (χ4n) is 3.06. The van der Waals surface area contributed by atoms with E-state index in [9.17, 15) is 4.39 Å². The number of ether oxygens (including phenoxy) is 1. The molecule has 2 rings (SSSR count). The average molecular weight is 265 g/mol. The van der Waals surface area contributed by atoms with Crippen LogP contribution in [0.4, 0.5) is 4.39 Å². The van der Waals surface area contributed by atoms with E-state index in [1.165, 1.54) is 31.2 Å². The molecule has 0 bridgehead atoms. The Morgan fingerprint density at radius 2 is 1.95 bits per heavy atom. The Balaban J connectivity index is 1.98. The van der Waals surface area contributed by atoms with Crippen LogP contribution in [0.5, 0.6) is 0 Å². The number of benzene rings is 1. The molecule has 0 spiro atoms. The van der Waals surface area contributed by atoms with Crippen LogP contribution in [0.25, 0.3) is 0 Å². The third-order valence-corrected chi connectivity index (χ3v) is 4.11. The van der Waals surface area contributed by atoms with Crippen LogP contribution in [0, 0.1) is 11.7 Å². The van der Waals surface area contributed by atoms with Gasteiger partial charge >= 0.3 is 0 Å². The Bertz CT molecular complexity index is 360. The maximum atomic E-state index is 13.0. The molecule has 1 saturated carbocycles. The highest BCUT2D eigenvalue weighted by atomic mass is 19.1. The maximum absolute atomic E-state index is 13.0. The van der Waals surface area contributed by atoms with Crippen molar-refractivity contribution in [3.8, 4) is 0 Å². The molecule has 3 heteroatoms. The van der Waals surface area contributed by atoms with Gasteiger partial charge in [-0.2, -0.15) is 0 Å². The largest absolute Gasteiger partial charge is 0.383 e. The molecular weight excluding hydrogens is 241 g/mol. The number of hydrogen-bond acceptors (Lipinski definition) is 2. The Morgan fingerprint density at radius 3 is 2.58 bits per heavy atom. The fourth-order valence-corrected chi connectivity index (χ4v) is 3.06. The molecule has 1 aromatic rings. The molecule has 1 aromatic carbocycles. The van der Waals surface area contributed by atoms with Crippen LogP contribution >= 0.6 is 0 Å². The molecule has 0 heterocycles. The smallest absolute Gasteiger partial charge is 0.123 e. The summed E-state index contributed by atoms with van der Waals surface area (Å²) in [5.41, 5.74) is 1.26. The van der Waals surface area contributed by atoms with E-state index in [-0.39, 0.29) is 5.82 Å². The lowest BCUT2D eigenvalue weighted by molar-refractivity contribution is 0.198. The average Bonchev–Trinajstić information content (AvgIpc) is 2.94. The molecule has 0 amide bonds. The molecule has 2 nitrogen and oxygen atoms in total. The van der Waals surface area contributed by atoms with Gasteiger partial charge in [0.1, 0.15) is 5.82 Å². The molecule has 1 aliphatic rings. The Morgan fingerprint density at radius 1 is 1.26 bits per heavy atom. The second-order valence-electron chi connectivity index (χ2n) is 5.40. The molecule has 1 atom stereocenters. The highest BCUT2D eigenvalue weighted by Crippen LogP contribution is 2.36. The maximum Gasteiger partial charge on any atom is 0.123 e. The summed E-state index contributed by atoms with van der Waals surface area (Å²) in [6, 6.07) is 7.03. The lowest BCUT2D eigenvalue weighted by Crippen LogP contribution is -2.28. The van der Waals surface area contributed by atoms with Crippen molar-refractivity contribution in [2.75, 3.05) is 26.8 Å². The minimum Gasteiger partial charge on any atom is -0.383 e. The molecule has 1 N–H and O–H groups in total. The molecule has 1 fully saturated rings. The van der Waals surface area contributed by atoms with Crippen molar-refractivity contribution in [2.24, 2.45) is 5.92 Å². The zero-order valence-electron chi connectivity index (χ0n) is 11.7. The summed E-state index contributed by atoms with van der Waals surface area (Å²) in [6.07, 6.45) is 5.27. The molecule has 1 unspecified atom stereocenters. The van der Waals surface area contributed by atoms with E-state index in [0.29, 0.717) is 5.92 Å². The number of rotatable bonds is 7. The molecule has 106 valence electrons. The lowest BCUT2D eigenvalue weighted by Gasteiger charge is -2.24. The molecule has 0 saturated heterocycles. The van der Waals surface area contributed by atoms with Crippen molar-refractivity contribution in [1.29, 1.82) is 0 Å². The summed E-state index contributed by atoms with van der Waals surface area (Å²) in [5, 5.41) is 3.46. The second-order valence-corrected chi connectivity index (χ2v) is 5.40. The third kappa shape index (κ3) is 4.29. The SMILES string of the molecule is COCCNCC(c1ccc(F)cc1)C1CCCC1. The first kappa shape index (κ1) is 14.5. The van der Waals surface area contributed by atoms with Crippen LogP contribution in [-0.4, -0.2) is 26.8 Å². The summed E-state index contributed by atoms with van der Waals surface area (Å²) in [5.74, 6) is 1.08. The van der Waals surface area contributed by atoms with Gasteiger partial charge in [-0.15, -0.1) is 0 Å². The first-order chi connectivity index (χ1) is 9.31. The van der Waals surface area contributed by atoms with Crippen molar-refractivity contribution < 1.29 is 9.13 Å². The van der Waals surface area contributed by atoms with Crippen LogP contribution in [0.15, 0.2) is 24.3 Å². The lowest BCUT2D eigenvalue weighted by atomic mass is 9.85. The highest BCUT2D eigenvalue weighted by Gasteiger charge is 2.25. The summed E-state index contributed by atoms with van der Waals surface area (Å²) in [4.78, 5) is 0. The molecular formula is C16H24FNO. The normalized spacial score (nSPS) is 17.8. The van der Waals surface area contributed by atoms with Gasteiger partial charge in [0, 0.05) is 20.2 Å². The first-order valence-corrected chi connectivity index (χ1v) is 7.26. The zero-order chi connectivity index (χ0) is 13.5. The van der Waals surface area contributed by atoms with E-state index in [4.69, 9.17) is 4.74 Å². The van der Waals surface area contributed by atoms with Gasteiger partial charge in [0.15, 0.2) is 0 Å². The minimum atomic E-state index is -0.152. The first-order valence-electron chi connectivity index (χ1n) is 7.26. The quantitative estimate of drug-likeness (QED) is 0.764. The second kappa shape index (κ2) is 7.61. The van der Waals surface area contributed by atoms with Crippen molar-refractivity contribution in [3.05, 3.63) is 35.6 Å². The summed E-state index contributed by atoms with van der Waals surface area (Å²) in [7, 11) is 1.72. The molecule has 0 radical (unpaired) electrons. The van der Waals surface area contributed by atoms with Gasteiger partial charge < -0.3 is 10.1 Å². The number of halogens is 1. The highest BCUT2D eigenvalue weighted by molar-refractivity contribution is 5.22. The van der Waals surface area contributed by atoms with Gasteiger partial charge in [0.25, 0.3) is 0 Å². The van der Waals surface area contributed by atoms with Crippen molar-refractivity contribution in [1.82, 2.24) is 5.32 Å². The number of methoxy groups -OCH3 is 1. The Labute approximate surface area is 115 Å². The van der Waals surface area contributed by atoms with Gasteiger partial charge in [0.05, 0.1) is 6.61 Å². The third-order valence-electron chi connectivity index (χ3n) is 4.11. The van der Waals surface area contributed by atoms with Crippen molar-refractivity contribution >= 4 is 0 Å². The van der Waals surface area contributed by atoms with E-state index >= 15 is 0 Å². The van der Waals surface area contributed by atoms with Gasteiger partial charge in [-0.1, -0.05) is 25.0 Å². The Hall–Kier alpha value is -0.930. The monoisotopic (exact) mass is 265 g/mol. The molecule has 19 heavy (non-hydrogen) atoms. The van der Waals surface area contributed by atoms with E-state index in [1.807, 2.05) is 12.1 Å².